The standard InChI is InChI=1S/C14H9FN2O2/c15-13-6-5-9(7-16-13)17-14(18)11-8-19-12-4-2-1-3-10(11)12/h1-8H,(H,17,18). The van der Waals surface area contributed by atoms with Crippen LogP contribution in [0.25, 0.3) is 11.0 Å². The highest BCUT2D eigenvalue weighted by Gasteiger charge is 2.13. The van der Waals surface area contributed by atoms with Gasteiger partial charge in [0.15, 0.2) is 0 Å². The molecule has 0 aliphatic carbocycles. The molecule has 1 amide bonds. The summed E-state index contributed by atoms with van der Waals surface area (Å²) in [5.41, 5.74) is 1.50. The van der Waals surface area contributed by atoms with Crippen molar-refractivity contribution in [3.05, 3.63) is 60.4 Å². The summed E-state index contributed by atoms with van der Waals surface area (Å²) in [4.78, 5) is 15.6. The molecule has 4 nitrogen and oxygen atoms in total. The highest BCUT2D eigenvalue weighted by Crippen LogP contribution is 2.21. The molecule has 0 aliphatic heterocycles. The maximum absolute atomic E-state index is 12.7. The largest absolute Gasteiger partial charge is 0.463 e. The minimum Gasteiger partial charge on any atom is -0.463 e. The number of fused-ring (bicyclic) bond motifs is 1. The van der Waals surface area contributed by atoms with Crippen molar-refractivity contribution in [3.8, 4) is 0 Å². The highest BCUT2D eigenvalue weighted by molar-refractivity contribution is 6.12. The molecule has 2 heterocycles. The number of hydrogen-bond donors (Lipinski definition) is 1. The van der Waals surface area contributed by atoms with Crippen LogP contribution >= 0.6 is 0 Å². The summed E-state index contributed by atoms with van der Waals surface area (Å²) in [6.07, 6.45) is 2.66. The van der Waals surface area contributed by atoms with Crippen molar-refractivity contribution >= 4 is 22.6 Å². The average Bonchev–Trinajstić information content (AvgIpc) is 2.85. The lowest BCUT2D eigenvalue weighted by molar-refractivity contribution is 0.102. The monoisotopic (exact) mass is 256 g/mol. The molecule has 0 fully saturated rings. The van der Waals surface area contributed by atoms with Crippen molar-refractivity contribution in [2.75, 3.05) is 5.32 Å². The van der Waals surface area contributed by atoms with Crippen molar-refractivity contribution in [1.82, 2.24) is 4.98 Å². The summed E-state index contributed by atoms with van der Waals surface area (Å²) < 4.78 is 18.0. The Morgan fingerprint density at radius 3 is 2.84 bits per heavy atom. The maximum atomic E-state index is 12.7. The number of aromatic nitrogens is 1. The van der Waals surface area contributed by atoms with Gasteiger partial charge in [-0.2, -0.15) is 4.39 Å². The van der Waals surface area contributed by atoms with Gasteiger partial charge in [0.1, 0.15) is 11.8 Å². The Kier molecular flexibility index (Phi) is 2.72. The fourth-order valence-corrected chi connectivity index (χ4v) is 1.80. The van der Waals surface area contributed by atoms with Gasteiger partial charge in [-0.05, 0) is 18.2 Å². The van der Waals surface area contributed by atoms with Gasteiger partial charge in [0, 0.05) is 5.39 Å². The molecule has 3 aromatic rings. The minimum absolute atomic E-state index is 0.321. The number of hydrogen-bond acceptors (Lipinski definition) is 3. The highest BCUT2D eigenvalue weighted by atomic mass is 19.1. The van der Waals surface area contributed by atoms with Crippen LogP contribution in [0.5, 0.6) is 0 Å². The number of anilines is 1. The van der Waals surface area contributed by atoms with Crippen molar-refractivity contribution < 1.29 is 13.6 Å². The zero-order valence-corrected chi connectivity index (χ0v) is 9.76. The summed E-state index contributed by atoms with van der Waals surface area (Å²) in [6, 6.07) is 9.87. The Labute approximate surface area is 107 Å². The van der Waals surface area contributed by atoms with Crippen molar-refractivity contribution in [3.63, 3.8) is 0 Å². The van der Waals surface area contributed by atoms with Crippen LogP contribution in [0, 0.1) is 5.95 Å². The second-order valence-electron chi connectivity index (χ2n) is 3.97. The topological polar surface area (TPSA) is 55.1 Å². The number of benzene rings is 1. The molecule has 2 aromatic heterocycles. The van der Waals surface area contributed by atoms with E-state index in [1.807, 2.05) is 12.1 Å². The molecule has 0 bridgehead atoms. The third kappa shape index (κ3) is 2.18. The predicted octanol–water partition coefficient (Wildman–Crippen LogP) is 3.22. The molecule has 0 atom stereocenters. The Morgan fingerprint density at radius 2 is 2.05 bits per heavy atom. The molecular weight excluding hydrogens is 247 g/mol. The zero-order chi connectivity index (χ0) is 13.2. The van der Waals surface area contributed by atoms with Crippen LogP contribution in [0.3, 0.4) is 0 Å². The van der Waals surface area contributed by atoms with E-state index in [0.717, 1.165) is 5.39 Å². The van der Waals surface area contributed by atoms with Crippen molar-refractivity contribution in [2.45, 2.75) is 0 Å². The lowest BCUT2D eigenvalue weighted by Crippen LogP contribution is -2.11. The fraction of sp³-hybridized carbons (Fsp3) is 0. The normalized spacial score (nSPS) is 10.6. The van der Waals surface area contributed by atoms with E-state index in [4.69, 9.17) is 4.42 Å². The van der Waals surface area contributed by atoms with Crippen LogP contribution in [0.15, 0.2) is 53.3 Å². The average molecular weight is 256 g/mol. The van der Waals surface area contributed by atoms with Gasteiger partial charge in [0.25, 0.3) is 5.91 Å². The van der Waals surface area contributed by atoms with E-state index in [1.165, 1.54) is 24.6 Å². The Bertz CT molecular complexity index is 735. The first-order chi connectivity index (χ1) is 9.24. The van der Waals surface area contributed by atoms with E-state index < -0.39 is 5.95 Å². The minimum atomic E-state index is -0.591. The van der Waals surface area contributed by atoms with Gasteiger partial charge in [0.05, 0.1) is 17.4 Å². The van der Waals surface area contributed by atoms with Crippen LogP contribution in [0.2, 0.25) is 0 Å². The number of pyridine rings is 1. The molecule has 1 aromatic carbocycles. The first kappa shape index (κ1) is 11.4. The second-order valence-corrected chi connectivity index (χ2v) is 3.97. The Hall–Kier alpha value is -2.69. The number of carbonyl (C=O) groups excluding carboxylic acids is 1. The molecule has 0 unspecified atom stereocenters. The van der Waals surface area contributed by atoms with Crippen molar-refractivity contribution in [1.29, 1.82) is 0 Å². The van der Waals surface area contributed by atoms with Gasteiger partial charge in [-0.25, -0.2) is 4.98 Å². The molecule has 19 heavy (non-hydrogen) atoms. The van der Waals surface area contributed by atoms with E-state index in [9.17, 15) is 9.18 Å². The van der Waals surface area contributed by atoms with E-state index in [-0.39, 0.29) is 5.91 Å². The number of nitrogens with zero attached hydrogens (tertiary/aromatic N) is 1. The Balaban J connectivity index is 1.90. The quantitative estimate of drug-likeness (QED) is 0.716. The van der Waals surface area contributed by atoms with Crippen LogP contribution in [-0.4, -0.2) is 10.9 Å². The third-order valence-corrected chi connectivity index (χ3v) is 2.71. The van der Waals surface area contributed by atoms with Gasteiger partial charge in [0.2, 0.25) is 5.95 Å². The van der Waals surface area contributed by atoms with E-state index in [2.05, 4.69) is 10.3 Å². The molecular formula is C14H9FN2O2. The molecule has 0 radical (unpaired) electrons. The summed E-state index contributed by atoms with van der Waals surface area (Å²) in [5.74, 6) is -0.912. The van der Waals surface area contributed by atoms with Gasteiger partial charge in [-0.3, -0.25) is 4.79 Å². The number of halogens is 1. The number of nitrogens with one attached hydrogen (secondary N) is 1. The number of furan rings is 1. The first-order valence-electron chi connectivity index (χ1n) is 5.63. The van der Waals surface area contributed by atoms with E-state index >= 15 is 0 Å². The number of amides is 1. The lowest BCUT2D eigenvalue weighted by Gasteiger charge is -2.02. The summed E-state index contributed by atoms with van der Waals surface area (Å²) in [7, 11) is 0. The number of para-hydroxylation sites is 1. The molecule has 1 N–H and O–H groups in total. The summed E-state index contributed by atoms with van der Waals surface area (Å²) >= 11 is 0. The smallest absolute Gasteiger partial charge is 0.259 e. The molecule has 0 saturated heterocycles. The Morgan fingerprint density at radius 1 is 1.21 bits per heavy atom. The molecule has 0 aliphatic rings. The molecule has 0 spiro atoms. The SMILES string of the molecule is O=C(Nc1ccc(F)nc1)c1coc2ccccc12. The maximum Gasteiger partial charge on any atom is 0.259 e. The van der Waals surface area contributed by atoms with E-state index in [0.29, 0.717) is 16.8 Å². The van der Waals surface area contributed by atoms with Crippen molar-refractivity contribution in [2.24, 2.45) is 0 Å². The number of carbonyl (C=O) groups is 1. The lowest BCUT2D eigenvalue weighted by atomic mass is 10.1. The molecule has 5 heteroatoms. The summed E-state index contributed by atoms with van der Waals surface area (Å²) in [5, 5.41) is 3.37. The second kappa shape index (κ2) is 4.53. The fourth-order valence-electron chi connectivity index (χ4n) is 1.80. The molecule has 0 saturated carbocycles. The van der Waals surface area contributed by atoms with Crippen LogP contribution < -0.4 is 5.32 Å². The third-order valence-electron chi connectivity index (χ3n) is 2.71. The molecule has 3 rings (SSSR count). The predicted molar refractivity (Wildman–Crippen MR) is 68.4 cm³/mol. The molecule has 94 valence electrons. The van der Waals surface area contributed by atoms with Gasteiger partial charge in [-0.15, -0.1) is 0 Å². The van der Waals surface area contributed by atoms with Crippen LogP contribution in [-0.2, 0) is 0 Å². The van der Waals surface area contributed by atoms with Crippen LogP contribution in [0.4, 0.5) is 10.1 Å². The zero-order valence-electron chi connectivity index (χ0n) is 9.76. The van der Waals surface area contributed by atoms with Gasteiger partial charge >= 0.3 is 0 Å². The summed E-state index contributed by atoms with van der Waals surface area (Å²) in [6.45, 7) is 0. The van der Waals surface area contributed by atoms with E-state index in [1.54, 1.807) is 12.1 Å². The van der Waals surface area contributed by atoms with Gasteiger partial charge < -0.3 is 9.73 Å². The van der Waals surface area contributed by atoms with Crippen LogP contribution in [0.1, 0.15) is 10.4 Å². The first-order valence-corrected chi connectivity index (χ1v) is 5.63. The van der Waals surface area contributed by atoms with Gasteiger partial charge in [-0.1, -0.05) is 18.2 Å². The number of rotatable bonds is 2.